The largest absolute Gasteiger partial charge is 0.494 e. The Kier molecular flexibility index (Phi) is 5.82. The molecule has 0 spiro atoms. The van der Waals surface area contributed by atoms with Gasteiger partial charge in [0.2, 0.25) is 10.0 Å². The van der Waals surface area contributed by atoms with Crippen LogP contribution in [0.15, 0.2) is 30.3 Å². The molecule has 0 radical (unpaired) electrons. The van der Waals surface area contributed by atoms with Crippen LogP contribution >= 0.6 is 0 Å². The van der Waals surface area contributed by atoms with Crippen LogP contribution in [0.2, 0.25) is 0 Å². The van der Waals surface area contributed by atoms with Crippen molar-refractivity contribution in [3.8, 4) is 5.75 Å². The normalized spacial score (nSPS) is 19.1. The van der Waals surface area contributed by atoms with Gasteiger partial charge in [-0.15, -0.1) is 0 Å². The second kappa shape index (κ2) is 7.61. The molecule has 6 heteroatoms. The Balaban J connectivity index is 1.60. The molecule has 1 atom stereocenters. The molecule has 2 N–H and O–H groups in total. The molecular weight excluding hydrogens is 276 g/mol. The second-order valence-corrected chi connectivity index (χ2v) is 6.84. The molecule has 112 valence electrons. The lowest BCUT2D eigenvalue weighted by atomic mass is 10.3. The van der Waals surface area contributed by atoms with Gasteiger partial charge >= 0.3 is 0 Å². The molecule has 1 aromatic carbocycles. The van der Waals surface area contributed by atoms with Gasteiger partial charge in [0.1, 0.15) is 5.75 Å². The van der Waals surface area contributed by atoms with Crippen LogP contribution < -0.4 is 14.8 Å². The molecule has 0 bridgehead atoms. The first-order valence-corrected chi connectivity index (χ1v) is 8.69. The number of nitrogens with one attached hydrogen (secondary N) is 2. The third kappa shape index (κ3) is 5.48. The van der Waals surface area contributed by atoms with Gasteiger partial charge in [-0.2, -0.15) is 0 Å². The van der Waals surface area contributed by atoms with Crippen LogP contribution in [0.1, 0.15) is 19.3 Å². The van der Waals surface area contributed by atoms with E-state index in [9.17, 15) is 8.42 Å². The maximum Gasteiger partial charge on any atom is 0.213 e. The van der Waals surface area contributed by atoms with E-state index in [1.54, 1.807) is 0 Å². The molecule has 1 aliphatic rings. The van der Waals surface area contributed by atoms with Crippen LogP contribution in [0.25, 0.3) is 0 Å². The maximum atomic E-state index is 11.8. The van der Waals surface area contributed by atoms with Crippen LogP contribution in [0.5, 0.6) is 5.75 Å². The number of hydrogen-bond acceptors (Lipinski definition) is 4. The highest BCUT2D eigenvalue weighted by molar-refractivity contribution is 7.89. The summed E-state index contributed by atoms with van der Waals surface area (Å²) in [4.78, 5) is 0. The summed E-state index contributed by atoms with van der Waals surface area (Å²) in [6.07, 6.45) is 2.66. The zero-order valence-electron chi connectivity index (χ0n) is 11.5. The summed E-state index contributed by atoms with van der Waals surface area (Å²) in [6.45, 7) is 1.85. The Labute approximate surface area is 120 Å². The third-order valence-electron chi connectivity index (χ3n) is 3.24. The zero-order chi connectivity index (χ0) is 14.3. The molecule has 1 saturated heterocycles. The van der Waals surface area contributed by atoms with Crippen molar-refractivity contribution in [2.45, 2.75) is 25.3 Å². The number of hydrogen-bond donors (Lipinski definition) is 2. The average molecular weight is 298 g/mol. The van der Waals surface area contributed by atoms with Gasteiger partial charge in [0.05, 0.1) is 12.4 Å². The van der Waals surface area contributed by atoms with Gasteiger partial charge in [0.25, 0.3) is 0 Å². The summed E-state index contributed by atoms with van der Waals surface area (Å²) < 4.78 is 31.8. The van der Waals surface area contributed by atoms with Crippen LogP contribution in [0.4, 0.5) is 0 Å². The molecule has 1 aromatic rings. The van der Waals surface area contributed by atoms with E-state index in [-0.39, 0.29) is 11.8 Å². The molecule has 1 unspecified atom stereocenters. The van der Waals surface area contributed by atoms with Gasteiger partial charge < -0.3 is 10.1 Å². The molecule has 1 fully saturated rings. The highest BCUT2D eigenvalue weighted by Gasteiger charge is 2.21. The fraction of sp³-hybridized carbons (Fsp3) is 0.571. The van der Waals surface area contributed by atoms with E-state index in [0.717, 1.165) is 25.1 Å². The van der Waals surface area contributed by atoms with Crippen molar-refractivity contribution in [2.24, 2.45) is 0 Å². The molecule has 0 saturated carbocycles. The summed E-state index contributed by atoms with van der Waals surface area (Å²) >= 11 is 0. The Bertz CT molecular complexity index is 484. The molecule has 1 heterocycles. The summed E-state index contributed by atoms with van der Waals surface area (Å²) in [5.74, 6) is 0.984. The first-order valence-electron chi connectivity index (χ1n) is 7.04. The van der Waals surface area contributed by atoms with Crippen molar-refractivity contribution in [3.63, 3.8) is 0 Å². The van der Waals surface area contributed by atoms with Crippen molar-refractivity contribution in [1.82, 2.24) is 10.0 Å². The average Bonchev–Trinajstić information content (AvgIpc) is 2.91. The second-order valence-electron chi connectivity index (χ2n) is 4.98. The maximum absolute atomic E-state index is 11.8. The van der Waals surface area contributed by atoms with Gasteiger partial charge in [0.15, 0.2) is 0 Å². The standard InChI is InChI=1S/C14H22N2O3S/c17-20(18,12-13-6-4-9-15-13)16-10-5-11-19-14-7-2-1-3-8-14/h1-3,7-8,13,15-16H,4-6,9-12H2. The number of benzene rings is 1. The van der Waals surface area contributed by atoms with Crippen LogP contribution in [-0.4, -0.2) is 39.9 Å². The molecule has 0 amide bonds. The molecular formula is C14H22N2O3S. The lowest BCUT2D eigenvalue weighted by Gasteiger charge is -2.12. The molecule has 0 aromatic heterocycles. The van der Waals surface area contributed by atoms with Crippen molar-refractivity contribution in [3.05, 3.63) is 30.3 Å². The van der Waals surface area contributed by atoms with Crippen molar-refractivity contribution < 1.29 is 13.2 Å². The third-order valence-corrected chi connectivity index (χ3v) is 4.72. The lowest BCUT2D eigenvalue weighted by Crippen LogP contribution is -2.37. The minimum Gasteiger partial charge on any atom is -0.494 e. The summed E-state index contributed by atoms with van der Waals surface area (Å²) in [7, 11) is -3.18. The summed E-state index contributed by atoms with van der Waals surface area (Å²) in [5.41, 5.74) is 0. The van der Waals surface area contributed by atoms with E-state index < -0.39 is 10.0 Å². The fourth-order valence-electron chi connectivity index (χ4n) is 2.23. The van der Waals surface area contributed by atoms with Crippen molar-refractivity contribution in [1.29, 1.82) is 0 Å². The van der Waals surface area contributed by atoms with Gasteiger partial charge in [-0.1, -0.05) is 18.2 Å². The number of sulfonamides is 1. The Hall–Kier alpha value is -1.11. The fourth-order valence-corrected chi connectivity index (χ4v) is 3.62. The van der Waals surface area contributed by atoms with Crippen LogP contribution in [0, 0.1) is 0 Å². The topological polar surface area (TPSA) is 67.4 Å². The van der Waals surface area contributed by atoms with Crippen molar-refractivity contribution in [2.75, 3.05) is 25.4 Å². The molecule has 20 heavy (non-hydrogen) atoms. The van der Waals surface area contributed by atoms with E-state index >= 15 is 0 Å². The van der Waals surface area contributed by atoms with Gasteiger partial charge in [-0.05, 0) is 37.9 Å². The molecule has 2 rings (SSSR count). The van der Waals surface area contributed by atoms with Gasteiger partial charge in [-0.3, -0.25) is 0 Å². The lowest BCUT2D eigenvalue weighted by molar-refractivity contribution is 0.311. The summed E-state index contributed by atoms with van der Waals surface area (Å²) in [6, 6.07) is 9.62. The van der Waals surface area contributed by atoms with E-state index in [0.29, 0.717) is 19.6 Å². The van der Waals surface area contributed by atoms with E-state index in [4.69, 9.17) is 4.74 Å². The number of para-hydroxylation sites is 1. The molecule has 5 nitrogen and oxygen atoms in total. The van der Waals surface area contributed by atoms with Gasteiger partial charge in [0, 0.05) is 12.6 Å². The highest BCUT2D eigenvalue weighted by Crippen LogP contribution is 2.08. The number of rotatable bonds is 8. The van der Waals surface area contributed by atoms with Crippen LogP contribution in [-0.2, 0) is 10.0 Å². The predicted molar refractivity (Wildman–Crippen MR) is 79.4 cm³/mol. The number of ether oxygens (including phenoxy) is 1. The quantitative estimate of drug-likeness (QED) is 0.706. The Morgan fingerprint density at radius 1 is 1.30 bits per heavy atom. The Morgan fingerprint density at radius 2 is 2.10 bits per heavy atom. The van der Waals surface area contributed by atoms with E-state index in [1.165, 1.54) is 0 Å². The van der Waals surface area contributed by atoms with Crippen molar-refractivity contribution >= 4 is 10.0 Å². The van der Waals surface area contributed by atoms with E-state index in [2.05, 4.69) is 10.0 Å². The first kappa shape index (κ1) is 15.3. The smallest absolute Gasteiger partial charge is 0.213 e. The highest BCUT2D eigenvalue weighted by atomic mass is 32.2. The molecule has 0 aliphatic carbocycles. The Morgan fingerprint density at radius 3 is 2.80 bits per heavy atom. The van der Waals surface area contributed by atoms with Crippen LogP contribution in [0.3, 0.4) is 0 Å². The minimum atomic E-state index is -3.18. The molecule has 1 aliphatic heterocycles. The SMILES string of the molecule is O=S(=O)(CC1CCCN1)NCCCOc1ccccc1. The van der Waals surface area contributed by atoms with Gasteiger partial charge in [-0.25, -0.2) is 13.1 Å². The predicted octanol–water partition coefficient (Wildman–Crippen LogP) is 1.13. The monoisotopic (exact) mass is 298 g/mol. The first-order chi connectivity index (χ1) is 9.66. The minimum absolute atomic E-state index is 0.105. The summed E-state index contributed by atoms with van der Waals surface area (Å²) in [5, 5.41) is 3.19. The zero-order valence-corrected chi connectivity index (χ0v) is 12.4. The van der Waals surface area contributed by atoms with E-state index in [1.807, 2.05) is 30.3 Å².